The number of furan rings is 1. The largest absolute Gasteiger partial charge is 0.497 e. The Morgan fingerprint density at radius 3 is 2.79 bits per heavy atom. The van der Waals surface area contributed by atoms with Gasteiger partial charge in [-0.15, -0.1) is 0 Å². The number of methoxy groups -OCH3 is 1. The van der Waals surface area contributed by atoms with Crippen molar-refractivity contribution in [1.82, 2.24) is 10.2 Å². The normalized spacial score (nSPS) is 21.4. The van der Waals surface area contributed by atoms with E-state index in [4.69, 9.17) is 9.15 Å². The predicted molar refractivity (Wildman–Crippen MR) is 92.1 cm³/mol. The Morgan fingerprint density at radius 2 is 2.12 bits per heavy atom. The third-order valence-corrected chi connectivity index (χ3v) is 4.77. The first-order chi connectivity index (χ1) is 11.7. The lowest BCUT2D eigenvalue weighted by molar-refractivity contribution is 0.0891. The summed E-state index contributed by atoms with van der Waals surface area (Å²) in [5, 5.41) is 3.05. The van der Waals surface area contributed by atoms with Gasteiger partial charge in [0.25, 0.3) is 5.91 Å². The lowest BCUT2D eigenvalue weighted by Crippen LogP contribution is -2.41. The van der Waals surface area contributed by atoms with Gasteiger partial charge >= 0.3 is 0 Å². The molecule has 1 saturated heterocycles. The molecule has 24 heavy (non-hydrogen) atoms. The van der Waals surface area contributed by atoms with Crippen LogP contribution in [0, 0.1) is 5.92 Å². The van der Waals surface area contributed by atoms with Crippen LogP contribution in [0.3, 0.4) is 0 Å². The van der Waals surface area contributed by atoms with Gasteiger partial charge in [-0.05, 0) is 56.1 Å². The molecule has 1 N–H and O–H groups in total. The number of amides is 1. The summed E-state index contributed by atoms with van der Waals surface area (Å²) in [5.41, 5.74) is 1.83. The van der Waals surface area contributed by atoms with Crippen LogP contribution in [0.1, 0.15) is 34.8 Å². The maximum Gasteiger partial charge on any atom is 0.254 e. The molecule has 1 aliphatic rings. The van der Waals surface area contributed by atoms with Crippen molar-refractivity contribution in [2.45, 2.75) is 18.9 Å². The van der Waals surface area contributed by atoms with Crippen molar-refractivity contribution in [1.29, 1.82) is 0 Å². The molecule has 1 fully saturated rings. The fraction of sp³-hybridized carbons (Fsp3) is 0.421. The van der Waals surface area contributed by atoms with Gasteiger partial charge in [0.2, 0.25) is 0 Å². The van der Waals surface area contributed by atoms with Crippen molar-refractivity contribution >= 4 is 5.91 Å². The van der Waals surface area contributed by atoms with Crippen LogP contribution in [0.4, 0.5) is 0 Å². The smallest absolute Gasteiger partial charge is 0.254 e. The highest BCUT2D eigenvalue weighted by molar-refractivity contribution is 5.93. The Bertz CT molecular complexity index is 652. The Balaban J connectivity index is 1.70. The van der Waals surface area contributed by atoms with Crippen molar-refractivity contribution in [3.63, 3.8) is 0 Å². The van der Waals surface area contributed by atoms with Gasteiger partial charge in [0.1, 0.15) is 12.0 Å². The van der Waals surface area contributed by atoms with Crippen molar-refractivity contribution in [2.24, 2.45) is 5.92 Å². The van der Waals surface area contributed by atoms with E-state index in [2.05, 4.69) is 29.4 Å². The summed E-state index contributed by atoms with van der Waals surface area (Å²) >= 11 is 0. The molecule has 2 heterocycles. The summed E-state index contributed by atoms with van der Waals surface area (Å²) in [4.78, 5) is 14.5. The monoisotopic (exact) mass is 328 g/mol. The van der Waals surface area contributed by atoms with E-state index < -0.39 is 0 Å². The molecule has 0 bridgehead atoms. The average molecular weight is 328 g/mol. The van der Waals surface area contributed by atoms with Crippen LogP contribution >= 0.6 is 0 Å². The molecule has 0 aliphatic carbocycles. The molecule has 1 aliphatic heterocycles. The first kappa shape index (κ1) is 16.6. The number of nitrogens with zero attached hydrogens (tertiary/aromatic N) is 1. The van der Waals surface area contributed by atoms with E-state index in [1.54, 1.807) is 13.2 Å². The maximum atomic E-state index is 12.2. The fourth-order valence-electron chi connectivity index (χ4n) is 3.52. The second kappa shape index (κ2) is 7.53. The van der Waals surface area contributed by atoms with E-state index >= 15 is 0 Å². The van der Waals surface area contributed by atoms with Gasteiger partial charge in [-0.25, -0.2) is 0 Å². The van der Waals surface area contributed by atoms with E-state index in [9.17, 15) is 4.79 Å². The maximum absolute atomic E-state index is 12.2. The van der Waals surface area contributed by atoms with Gasteiger partial charge in [-0.3, -0.25) is 9.69 Å². The number of benzene rings is 1. The Kier molecular flexibility index (Phi) is 5.20. The van der Waals surface area contributed by atoms with Crippen LogP contribution in [0.15, 0.2) is 47.3 Å². The van der Waals surface area contributed by atoms with E-state index in [1.807, 2.05) is 12.1 Å². The molecule has 3 rings (SSSR count). The molecular weight excluding hydrogens is 304 g/mol. The number of hydrogen-bond donors (Lipinski definition) is 1. The quantitative estimate of drug-likeness (QED) is 0.916. The van der Waals surface area contributed by atoms with Crippen LogP contribution in [0.5, 0.6) is 5.75 Å². The molecule has 0 saturated carbocycles. The number of piperidine rings is 1. The fourth-order valence-corrected chi connectivity index (χ4v) is 3.52. The summed E-state index contributed by atoms with van der Waals surface area (Å²) in [5.74, 6) is 1.17. The SMILES string of the molecule is COc1ccc([C@@H]2[C@@H](CNC(=O)c3ccoc3)CCCN2C)cc1. The standard InChI is InChI=1S/C19H24N2O3/c1-21-10-3-4-15(12-20-19(22)16-9-11-24-13-16)18(21)14-5-7-17(23-2)8-6-14/h5-9,11,13,15,18H,3-4,10,12H2,1-2H3,(H,20,22)/t15-,18-/m1/s1. The Labute approximate surface area is 142 Å². The minimum Gasteiger partial charge on any atom is -0.497 e. The first-order valence-electron chi connectivity index (χ1n) is 8.33. The van der Waals surface area contributed by atoms with Gasteiger partial charge in [0.05, 0.1) is 18.9 Å². The molecule has 128 valence electrons. The van der Waals surface area contributed by atoms with Crippen molar-refractivity contribution < 1.29 is 13.9 Å². The lowest BCUT2D eigenvalue weighted by Gasteiger charge is -2.39. The molecule has 0 spiro atoms. The number of rotatable bonds is 5. The zero-order valence-electron chi connectivity index (χ0n) is 14.2. The van der Waals surface area contributed by atoms with Gasteiger partial charge in [0, 0.05) is 12.6 Å². The molecule has 1 amide bonds. The minimum atomic E-state index is -0.0783. The van der Waals surface area contributed by atoms with Crippen LogP contribution in [-0.4, -0.2) is 38.1 Å². The molecule has 5 nitrogen and oxygen atoms in total. The van der Waals surface area contributed by atoms with E-state index in [0.717, 1.165) is 25.1 Å². The second-order valence-corrected chi connectivity index (χ2v) is 6.32. The zero-order chi connectivity index (χ0) is 16.9. The van der Waals surface area contributed by atoms with Gasteiger partial charge < -0.3 is 14.5 Å². The predicted octanol–water partition coefficient (Wildman–Crippen LogP) is 3.10. The van der Waals surface area contributed by atoms with Crippen molar-refractivity contribution in [3.05, 3.63) is 54.0 Å². The van der Waals surface area contributed by atoms with Gasteiger partial charge in [0.15, 0.2) is 0 Å². The van der Waals surface area contributed by atoms with Crippen LogP contribution < -0.4 is 10.1 Å². The number of hydrogen-bond acceptors (Lipinski definition) is 4. The lowest BCUT2D eigenvalue weighted by atomic mass is 9.85. The minimum absolute atomic E-state index is 0.0783. The number of nitrogens with one attached hydrogen (secondary N) is 1. The van der Waals surface area contributed by atoms with Crippen molar-refractivity contribution in [2.75, 3.05) is 27.2 Å². The van der Waals surface area contributed by atoms with E-state index in [0.29, 0.717) is 24.1 Å². The molecule has 0 unspecified atom stereocenters. The zero-order valence-corrected chi connectivity index (χ0v) is 14.2. The van der Waals surface area contributed by atoms with Crippen LogP contribution in [0.25, 0.3) is 0 Å². The van der Waals surface area contributed by atoms with Crippen LogP contribution in [0.2, 0.25) is 0 Å². The highest BCUT2D eigenvalue weighted by Crippen LogP contribution is 2.35. The summed E-state index contributed by atoms with van der Waals surface area (Å²) in [6.45, 7) is 1.73. The summed E-state index contributed by atoms with van der Waals surface area (Å²) < 4.78 is 10.2. The Hall–Kier alpha value is -2.27. The molecule has 1 aromatic carbocycles. The Morgan fingerprint density at radius 1 is 1.33 bits per heavy atom. The average Bonchev–Trinajstić information content (AvgIpc) is 3.14. The number of carbonyl (C=O) groups is 1. The van der Waals surface area contributed by atoms with Gasteiger partial charge in [-0.1, -0.05) is 12.1 Å². The number of carbonyl (C=O) groups excluding carboxylic acids is 1. The molecule has 1 aromatic heterocycles. The van der Waals surface area contributed by atoms with Crippen molar-refractivity contribution in [3.8, 4) is 5.75 Å². The summed E-state index contributed by atoms with van der Waals surface area (Å²) in [6, 6.07) is 10.2. The first-order valence-corrected chi connectivity index (χ1v) is 8.33. The van der Waals surface area contributed by atoms with E-state index in [-0.39, 0.29) is 5.91 Å². The highest BCUT2D eigenvalue weighted by Gasteiger charge is 2.30. The molecule has 2 aromatic rings. The summed E-state index contributed by atoms with van der Waals surface area (Å²) in [7, 11) is 3.83. The van der Waals surface area contributed by atoms with Crippen LogP contribution in [-0.2, 0) is 0 Å². The highest BCUT2D eigenvalue weighted by atomic mass is 16.5. The third kappa shape index (κ3) is 3.62. The second-order valence-electron chi connectivity index (χ2n) is 6.32. The third-order valence-electron chi connectivity index (χ3n) is 4.77. The topological polar surface area (TPSA) is 54.7 Å². The van der Waals surface area contributed by atoms with E-state index in [1.165, 1.54) is 18.1 Å². The number of ether oxygens (including phenoxy) is 1. The molecular formula is C19H24N2O3. The molecule has 2 atom stereocenters. The molecule has 0 radical (unpaired) electrons. The number of likely N-dealkylation sites (tertiary alicyclic amines) is 1. The van der Waals surface area contributed by atoms with Gasteiger partial charge in [-0.2, -0.15) is 0 Å². The molecule has 5 heteroatoms. The summed E-state index contributed by atoms with van der Waals surface area (Å²) in [6.07, 6.45) is 5.24.